The van der Waals surface area contributed by atoms with Crippen molar-refractivity contribution in [1.82, 2.24) is 10.2 Å². The third kappa shape index (κ3) is 5.21. The summed E-state index contributed by atoms with van der Waals surface area (Å²) in [6.45, 7) is 4.39. The third-order valence-corrected chi connectivity index (χ3v) is 5.46. The lowest BCUT2D eigenvalue weighted by molar-refractivity contribution is -0.162. The van der Waals surface area contributed by atoms with Gasteiger partial charge in [-0.05, 0) is 39.5 Å². The summed E-state index contributed by atoms with van der Waals surface area (Å²) in [7, 11) is 0. The molecule has 2 aliphatic heterocycles. The van der Waals surface area contributed by atoms with Gasteiger partial charge in [-0.3, -0.25) is 19.2 Å². The summed E-state index contributed by atoms with van der Waals surface area (Å²) >= 11 is 0. The molecule has 0 aromatic carbocycles. The summed E-state index contributed by atoms with van der Waals surface area (Å²) in [6.07, 6.45) is 8.76. The van der Waals surface area contributed by atoms with Crippen molar-refractivity contribution in [1.29, 1.82) is 0 Å². The molecule has 164 valence electrons. The van der Waals surface area contributed by atoms with E-state index in [2.05, 4.69) is 11.2 Å². The van der Waals surface area contributed by atoms with Crippen LogP contribution in [0.4, 0.5) is 0 Å². The highest BCUT2D eigenvalue weighted by Crippen LogP contribution is 2.48. The van der Waals surface area contributed by atoms with Crippen LogP contribution < -0.4 is 5.32 Å². The van der Waals surface area contributed by atoms with Gasteiger partial charge in [0.25, 0.3) is 0 Å². The maximum absolute atomic E-state index is 13.2. The van der Waals surface area contributed by atoms with Crippen molar-refractivity contribution >= 4 is 23.8 Å². The second-order valence-electron chi connectivity index (χ2n) is 7.42. The molecule has 2 heterocycles. The van der Waals surface area contributed by atoms with Crippen molar-refractivity contribution < 1.29 is 28.7 Å². The largest absolute Gasteiger partial charge is 0.466 e. The van der Waals surface area contributed by atoms with Gasteiger partial charge < -0.3 is 19.7 Å². The number of allylic oxidation sites excluding steroid dienone is 1. The van der Waals surface area contributed by atoms with Gasteiger partial charge in [-0.25, -0.2) is 0 Å². The number of esters is 2. The van der Waals surface area contributed by atoms with E-state index in [0.29, 0.717) is 12.2 Å². The van der Waals surface area contributed by atoms with Gasteiger partial charge in [-0.2, -0.15) is 0 Å². The van der Waals surface area contributed by atoms with E-state index in [1.165, 1.54) is 0 Å². The monoisotopic (exact) mass is 418 g/mol. The van der Waals surface area contributed by atoms with Gasteiger partial charge in [0.1, 0.15) is 5.41 Å². The van der Waals surface area contributed by atoms with Crippen LogP contribution in [-0.2, 0) is 28.7 Å². The number of hydrogen-bond acceptors (Lipinski definition) is 6. The molecule has 2 rings (SSSR count). The molecule has 8 heteroatoms. The van der Waals surface area contributed by atoms with E-state index < -0.39 is 23.3 Å². The molecule has 2 aliphatic rings. The number of amides is 2. The number of carbonyl (C=O) groups is 4. The normalized spacial score (nSPS) is 23.0. The summed E-state index contributed by atoms with van der Waals surface area (Å²) in [5.41, 5.74) is -0.587. The lowest BCUT2D eigenvalue weighted by Gasteiger charge is -2.47. The van der Waals surface area contributed by atoms with E-state index in [-0.39, 0.29) is 57.3 Å². The smallest absolute Gasteiger partial charge is 0.318 e. The second-order valence-corrected chi connectivity index (χ2v) is 7.42. The fraction of sp³-hybridized carbons (Fsp3) is 0.636. The van der Waals surface area contributed by atoms with Crippen LogP contribution in [0, 0.1) is 23.7 Å². The minimum Gasteiger partial charge on any atom is -0.466 e. The van der Waals surface area contributed by atoms with Gasteiger partial charge in [-0.15, -0.1) is 6.42 Å². The Hall–Kier alpha value is -2.82. The van der Waals surface area contributed by atoms with Crippen LogP contribution in [0.25, 0.3) is 0 Å². The molecule has 2 amide bonds. The number of terminal acetylenes is 1. The standard InChI is InChI=1S/C22H30N2O6/c1-4-12-23-18(25)14-16-15-22(21(28)30-6-3,11-10-19(26)29-5-2)17-9-7-8-13-24(17)20(16)27/h1,9,16H,5-8,10-15H2,2-3H3,(H,23,25)/t16-,22-/m1/s1. The van der Waals surface area contributed by atoms with Gasteiger partial charge in [0.2, 0.25) is 11.8 Å². The molecule has 1 N–H and O–H groups in total. The maximum atomic E-state index is 13.2. The Morgan fingerprint density at radius 2 is 2.03 bits per heavy atom. The fourth-order valence-corrected chi connectivity index (χ4v) is 4.18. The highest BCUT2D eigenvalue weighted by atomic mass is 16.5. The van der Waals surface area contributed by atoms with Crippen LogP contribution in [0.5, 0.6) is 0 Å². The minimum absolute atomic E-state index is 0.0159. The summed E-state index contributed by atoms with van der Waals surface area (Å²) in [4.78, 5) is 52.2. The molecule has 8 nitrogen and oxygen atoms in total. The molecule has 2 atom stereocenters. The van der Waals surface area contributed by atoms with Gasteiger partial charge >= 0.3 is 11.9 Å². The van der Waals surface area contributed by atoms with E-state index in [0.717, 1.165) is 12.8 Å². The van der Waals surface area contributed by atoms with Crippen molar-refractivity contribution in [2.45, 2.75) is 52.4 Å². The van der Waals surface area contributed by atoms with E-state index >= 15 is 0 Å². The fourth-order valence-electron chi connectivity index (χ4n) is 4.18. The van der Waals surface area contributed by atoms with E-state index in [9.17, 15) is 19.2 Å². The number of nitrogens with one attached hydrogen (secondary N) is 1. The summed E-state index contributed by atoms with van der Waals surface area (Å²) in [6, 6.07) is 0. The maximum Gasteiger partial charge on any atom is 0.318 e. The zero-order valence-corrected chi connectivity index (χ0v) is 17.7. The molecule has 0 aromatic rings. The zero-order chi connectivity index (χ0) is 22.1. The first-order chi connectivity index (χ1) is 14.4. The highest BCUT2D eigenvalue weighted by molar-refractivity contribution is 5.92. The number of nitrogens with zero attached hydrogens (tertiary/aromatic N) is 1. The van der Waals surface area contributed by atoms with Crippen molar-refractivity contribution in [3.8, 4) is 12.3 Å². The molecule has 0 bridgehead atoms. The molecule has 0 radical (unpaired) electrons. The number of hydrogen-bond donors (Lipinski definition) is 1. The van der Waals surface area contributed by atoms with Gasteiger partial charge in [0.15, 0.2) is 0 Å². The number of ether oxygens (including phenoxy) is 2. The molecule has 0 unspecified atom stereocenters. The Kier molecular flexibility index (Phi) is 8.46. The average Bonchev–Trinajstić information content (AvgIpc) is 2.74. The van der Waals surface area contributed by atoms with E-state index in [4.69, 9.17) is 15.9 Å². The molecular formula is C22H30N2O6. The summed E-state index contributed by atoms with van der Waals surface area (Å²) < 4.78 is 10.4. The zero-order valence-electron chi connectivity index (χ0n) is 17.7. The minimum atomic E-state index is -1.17. The number of rotatable bonds is 9. The van der Waals surface area contributed by atoms with Crippen LogP contribution in [-0.4, -0.2) is 55.0 Å². The summed E-state index contributed by atoms with van der Waals surface area (Å²) in [5, 5.41) is 2.57. The van der Waals surface area contributed by atoms with E-state index in [1.807, 2.05) is 6.08 Å². The molecular weight excluding hydrogens is 388 g/mol. The Bertz CT molecular complexity index is 753. The van der Waals surface area contributed by atoms with Crippen molar-refractivity contribution in [2.75, 3.05) is 26.3 Å². The predicted molar refractivity (Wildman–Crippen MR) is 109 cm³/mol. The molecule has 1 saturated heterocycles. The van der Waals surface area contributed by atoms with Crippen LogP contribution >= 0.6 is 0 Å². The van der Waals surface area contributed by atoms with Gasteiger partial charge in [-0.1, -0.05) is 12.0 Å². The van der Waals surface area contributed by atoms with Crippen LogP contribution in [0.2, 0.25) is 0 Å². The molecule has 30 heavy (non-hydrogen) atoms. The van der Waals surface area contributed by atoms with Crippen LogP contribution in [0.15, 0.2) is 11.8 Å². The molecule has 0 aliphatic carbocycles. The highest BCUT2D eigenvalue weighted by Gasteiger charge is 2.54. The van der Waals surface area contributed by atoms with Crippen LogP contribution in [0.1, 0.15) is 52.4 Å². The van der Waals surface area contributed by atoms with Gasteiger partial charge in [0.05, 0.1) is 19.8 Å². The van der Waals surface area contributed by atoms with Gasteiger partial charge in [0, 0.05) is 31.0 Å². The predicted octanol–water partition coefficient (Wildman–Crippen LogP) is 1.54. The molecule has 0 aromatic heterocycles. The van der Waals surface area contributed by atoms with Crippen LogP contribution in [0.3, 0.4) is 0 Å². The van der Waals surface area contributed by atoms with Crippen molar-refractivity contribution in [3.63, 3.8) is 0 Å². The Morgan fingerprint density at radius 3 is 2.70 bits per heavy atom. The first-order valence-electron chi connectivity index (χ1n) is 10.4. The van der Waals surface area contributed by atoms with Crippen molar-refractivity contribution in [2.24, 2.45) is 11.3 Å². The summed E-state index contributed by atoms with van der Waals surface area (Å²) in [5.74, 6) is 0.196. The molecule has 1 fully saturated rings. The topological polar surface area (TPSA) is 102 Å². The molecule has 0 spiro atoms. The molecule has 0 saturated carbocycles. The Balaban J connectivity index is 2.38. The number of piperidine rings is 1. The second kappa shape index (κ2) is 10.8. The van der Waals surface area contributed by atoms with E-state index in [1.54, 1.807) is 18.7 Å². The van der Waals surface area contributed by atoms with Crippen molar-refractivity contribution in [3.05, 3.63) is 11.8 Å². The lowest BCUT2D eigenvalue weighted by atomic mass is 9.67. The number of carbonyl (C=O) groups excluding carboxylic acids is 4. The first kappa shape index (κ1) is 23.5. The lowest BCUT2D eigenvalue weighted by Crippen LogP contribution is -2.54. The average molecular weight is 418 g/mol. The first-order valence-corrected chi connectivity index (χ1v) is 10.4. The Labute approximate surface area is 177 Å². The SMILES string of the molecule is C#CCNC(=O)C[C@@H]1C[C@@](CCC(=O)OCC)(C(=O)OCC)C2=CCCCN2C1=O. The quantitative estimate of drug-likeness (QED) is 0.450. The third-order valence-electron chi connectivity index (χ3n) is 5.46. The Morgan fingerprint density at radius 1 is 1.30 bits per heavy atom. The number of fused-ring (bicyclic) bond motifs is 1.